The van der Waals surface area contributed by atoms with E-state index in [9.17, 15) is 0 Å². The van der Waals surface area contributed by atoms with E-state index in [0.29, 0.717) is 17.6 Å². The Bertz CT molecular complexity index is 836. The highest BCUT2D eigenvalue weighted by Crippen LogP contribution is 2.23. The van der Waals surface area contributed by atoms with Crippen LogP contribution < -0.4 is 10.6 Å². The second-order valence-corrected chi connectivity index (χ2v) is 6.82. The highest BCUT2D eigenvalue weighted by atomic mass is 127. The van der Waals surface area contributed by atoms with Gasteiger partial charge in [0.05, 0.1) is 11.4 Å². The highest BCUT2D eigenvalue weighted by molar-refractivity contribution is 14.0. The molecule has 0 unspecified atom stereocenters. The van der Waals surface area contributed by atoms with Gasteiger partial charge >= 0.3 is 0 Å². The third-order valence-corrected chi connectivity index (χ3v) is 4.60. The number of rotatable bonds is 7. The van der Waals surface area contributed by atoms with Gasteiger partial charge in [0.1, 0.15) is 17.1 Å². The maximum Gasteiger partial charge on any atom is 0.236 e. The second kappa shape index (κ2) is 11.3. The molecule has 0 saturated heterocycles. The van der Waals surface area contributed by atoms with E-state index in [1.165, 1.54) is 0 Å². The van der Waals surface area contributed by atoms with Gasteiger partial charge in [-0.05, 0) is 36.4 Å². The normalized spacial score (nSPS) is 11.1. The molecule has 144 valence electrons. The van der Waals surface area contributed by atoms with Crippen LogP contribution in [0.3, 0.4) is 0 Å². The van der Waals surface area contributed by atoms with Crippen LogP contribution >= 0.6 is 46.9 Å². The fourth-order valence-electron chi connectivity index (χ4n) is 2.27. The fourth-order valence-corrected chi connectivity index (χ4v) is 3.04. The maximum absolute atomic E-state index is 5.80. The van der Waals surface area contributed by atoms with E-state index in [1.54, 1.807) is 29.9 Å². The van der Waals surface area contributed by atoms with Gasteiger partial charge < -0.3 is 15.1 Å². The number of guanidine groups is 1. The minimum absolute atomic E-state index is 0. The monoisotopic (exact) mass is 517 g/mol. The van der Waals surface area contributed by atoms with E-state index < -0.39 is 0 Å². The molecule has 3 aromatic heterocycles. The van der Waals surface area contributed by atoms with E-state index in [2.05, 4.69) is 25.6 Å². The summed E-state index contributed by atoms with van der Waals surface area (Å²) in [4.78, 5) is 14.1. The zero-order valence-corrected chi connectivity index (χ0v) is 18.7. The summed E-state index contributed by atoms with van der Waals surface area (Å²) in [7, 11) is 0. The van der Waals surface area contributed by atoms with Gasteiger partial charge in [-0.25, -0.2) is 15.0 Å². The highest BCUT2D eigenvalue weighted by Gasteiger charge is 2.07. The molecule has 0 fully saturated rings. The molecule has 27 heavy (non-hydrogen) atoms. The Morgan fingerprint density at radius 1 is 1.30 bits per heavy atom. The molecule has 0 atom stereocenters. The van der Waals surface area contributed by atoms with Crippen LogP contribution in [0.1, 0.15) is 18.2 Å². The van der Waals surface area contributed by atoms with Crippen LogP contribution in [-0.4, -0.2) is 29.0 Å². The van der Waals surface area contributed by atoms with Crippen molar-refractivity contribution in [1.82, 2.24) is 20.6 Å². The molecule has 0 aliphatic heterocycles. The van der Waals surface area contributed by atoms with E-state index in [4.69, 9.17) is 16.0 Å². The summed E-state index contributed by atoms with van der Waals surface area (Å²) in [6.07, 6.45) is 4.28. The zero-order valence-electron chi connectivity index (χ0n) is 14.8. The quantitative estimate of drug-likeness (QED) is 0.211. The molecule has 9 heteroatoms. The van der Waals surface area contributed by atoms with Crippen molar-refractivity contribution in [3.05, 3.63) is 58.5 Å². The van der Waals surface area contributed by atoms with Crippen molar-refractivity contribution in [3.63, 3.8) is 0 Å². The molecule has 0 aromatic carbocycles. The zero-order chi connectivity index (χ0) is 18.2. The lowest BCUT2D eigenvalue weighted by atomic mass is 10.2. The number of halogens is 2. The number of hydrogen-bond donors (Lipinski definition) is 2. The Morgan fingerprint density at radius 2 is 2.19 bits per heavy atom. The number of aliphatic imine (C=N–C) groups is 1. The molecule has 3 rings (SSSR count). The topological polar surface area (TPSA) is 75.3 Å². The molecule has 0 bridgehead atoms. The Hall–Kier alpha value is -1.65. The number of hydrogen-bond acceptors (Lipinski definition) is 5. The van der Waals surface area contributed by atoms with Gasteiger partial charge in [0.2, 0.25) is 5.89 Å². The maximum atomic E-state index is 5.80. The second-order valence-electron chi connectivity index (χ2n) is 5.48. The predicted octanol–water partition coefficient (Wildman–Crippen LogP) is 4.37. The van der Waals surface area contributed by atoms with Gasteiger partial charge in [0.15, 0.2) is 5.96 Å². The van der Waals surface area contributed by atoms with Gasteiger partial charge in [-0.15, -0.1) is 35.3 Å². The van der Waals surface area contributed by atoms with Gasteiger partial charge in [0, 0.05) is 19.3 Å². The Morgan fingerprint density at radius 3 is 2.89 bits per heavy atom. The smallest absolute Gasteiger partial charge is 0.236 e. The van der Waals surface area contributed by atoms with Crippen LogP contribution in [0.2, 0.25) is 5.15 Å². The van der Waals surface area contributed by atoms with Gasteiger partial charge in [0.25, 0.3) is 0 Å². The molecular weight excluding hydrogens is 497 g/mol. The van der Waals surface area contributed by atoms with E-state index in [0.717, 1.165) is 41.6 Å². The van der Waals surface area contributed by atoms with E-state index in [-0.39, 0.29) is 24.0 Å². The van der Waals surface area contributed by atoms with Crippen LogP contribution in [0.15, 0.2) is 51.5 Å². The largest absolute Gasteiger partial charge is 0.443 e. The molecule has 3 heterocycles. The summed E-state index contributed by atoms with van der Waals surface area (Å²) < 4.78 is 5.52. The number of thiophene rings is 1. The van der Waals surface area contributed by atoms with Gasteiger partial charge in [-0.2, -0.15) is 0 Å². The first-order chi connectivity index (χ1) is 12.7. The number of aromatic nitrogens is 2. The lowest BCUT2D eigenvalue weighted by molar-refractivity contribution is 0.574. The molecule has 6 nitrogen and oxygen atoms in total. The van der Waals surface area contributed by atoms with Crippen molar-refractivity contribution < 1.29 is 4.42 Å². The lowest BCUT2D eigenvalue weighted by Crippen LogP contribution is -2.38. The molecule has 2 N–H and O–H groups in total. The number of nitrogens with zero attached hydrogens (tertiary/aromatic N) is 3. The summed E-state index contributed by atoms with van der Waals surface area (Å²) in [5.41, 5.74) is 1.92. The SMILES string of the molecule is CCNC(=NCc1coc(-c2cccs2)n1)NCCc1ccc(Cl)nc1.I. The molecule has 0 saturated carbocycles. The van der Waals surface area contributed by atoms with Crippen LogP contribution in [0, 0.1) is 0 Å². The molecule has 0 amide bonds. The molecule has 3 aromatic rings. The Labute approximate surface area is 184 Å². The third kappa shape index (κ3) is 6.78. The average Bonchev–Trinajstić information content (AvgIpc) is 3.33. The predicted molar refractivity (Wildman–Crippen MR) is 121 cm³/mol. The standard InChI is InChI=1S/C18H20ClN5OS.HI/c1-2-20-18(21-8-7-13-5-6-16(19)22-10-13)23-11-14-12-25-17(24-14)15-4-3-9-26-15;/h3-6,9-10,12H,2,7-8,11H2,1H3,(H2,20,21,23);1H. The molecule has 0 radical (unpaired) electrons. The summed E-state index contributed by atoms with van der Waals surface area (Å²) in [5.74, 6) is 1.38. The number of oxazole rings is 1. The average molecular weight is 518 g/mol. The first kappa shape index (κ1) is 21.6. The number of pyridine rings is 1. The number of nitrogens with one attached hydrogen (secondary N) is 2. The summed E-state index contributed by atoms with van der Waals surface area (Å²) in [6, 6.07) is 7.74. The minimum atomic E-state index is 0. The summed E-state index contributed by atoms with van der Waals surface area (Å²) in [5, 5.41) is 9.05. The molecule has 0 aliphatic carbocycles. The van der Waals surface area contributed by atoms with Crippen LogP contribution in [0.4, 0.5) is 0 Å². The minimum Gasteiger partial charge on any atom is -0.443 e. The first-order valence-electron chi connectivity index (χ1n) is 8.35. The first-order valence-corrected chi connectivity index (χ1v) is 9.61. The van der Waals surface area contributed by atoms with Gasteiger partial charge in [-0.1, -0.05) is 23.7 Å². The molecular formula is C18H21ClIN5OS. The van der Waals surface area contributed by atoms with Crippen molar-refractivity contribution >= 4 is 52.9 Å². The molecule has 0 aliphatic rings. The van der Waals surface area contributed by atoms with Crippen molar-refractivity contribution in [2.75, 3.05) is 13.1 Å². The van der Waals surface area contributed by atoms with Crippen molar-refractivity contribution in [1.29, 1.82) is 0 Å². The van der Waals surface area contributed by atoms with Crippen molar-refractivity contribution in [2.45, 2.75) is 19.9 Å². The lowest BCUT2D eigenvalue weighted by Gasteiger charge is -2.10. The van der Waals surface area contributed by atoms with Crippen molar-refractivity contribution in [2.24, 2.45) is 4.99 Å². The Balaban J connectivity index is 0.00000261. The summed E-state index contributed by atoms with van der Waals surface area (Å²) in [6.45, 7) is 4.01. The summed E-state index contributed by atoms with van der Waals surface area (Å²) >= 11 is 7.40. The third-order valence-electron chi connectivity index (χ3n) is 3.52. The van der Waals surface area contributed by atoms with E-state index in [1.807, 2.05) is 30.5 Å². The van der Waals surface area contributed by atoms with E-state index >= 15 is 0 Å². The van der Waals surface area contributed by atoms with Crippen LogP contribution in [-0.2, 0) is 13.0 Å². The van der Waals surface area contributed by atoms with Gasteiger partial charge in [-0.3, -0.25) is 0 Å². The van der Waals surface area contributed by atoms with Crippen molar-refractivity contribution in [3.8, 4) is 10.8 Å². The molecule has 0 spiro atoms. The fraction of sp³-hybridized carbons (Fsp3) is 0.278. The van der Waals surface area contributed by atoms with Crippen LogP contribution in [0.25, 0.3) is 10.8 Å². The Kier molecular flexibility index (Phi) is 9.02. The van der Waals surface area contributed by atoms with Crippen LogP contribution in [0.5, 0.6) is 0 Å².